The summed E-state index contributed by atoms with van der Waals surface area (Å²) in [5.41, 5.74) is 1.43. The first-order chi connectivity index (χ1) is 8.47. The number of esters is 1. The molecule has 0 aromatic carbocycles. The normalized spacial score (nSPS) is 10.2. The first-order valence-corrected chi connectivity index (χ1v) is 5.78. The Hall–Kier alpha value is -1.85. The lowest BCUT2D eigenvalue weighted by atomic mass is 10.2. The van der Waals surface area contributed by atoms with Crippen LogP contribution in [0.2, 0.25) is 0 Å². The van der Waals surface area contributed by atoms with Crippen LogP contribution in [0.15, 0.2) is 6.20 Å². The summed E-state index contributed by atoms with van der Waals surface area (Å²) in [5.74, 6) is -0.334. The standard InChI is InChI=1S/C12H19N3O3/c1-9-10(8-13-15(9)3)12(17)14(2)7-5-6-11(16)18-4/h8H,5-7H2,1-4H3. The summed E-state index contributed by atoms with van der Waals surface area (Å²) in [4.78, 5) is 24.6. The van der Waals surface area contributed by atoms with Gasteiger partial charge in [0.2, 0.25) is 0 Å². The van der Waals surface area contributed by atoms with Crippen molar-refractivity contribution in [3.63, 3.8) is 0 Å². The summed E-state index contributed by atoms with van der Waals surface area (Å²) in [6, 6.07) is 0. The van der Waals surface area contributed by atoms with Gasteiger partial charge < -0.3 is 9.64 Å². The van der Waals surface area contributed by atoms with Crippen molar-refractivity contribution in [2.45, 2.75) is 19.8 Å². The van der Waals surface area contributed by atoms with Crippen LogP contribution in [0.4, 0.5) is 0 Å². The minimum Gasteiger partial charge on any atom is -0.469 e. The summed E-state index contributed by atoms with van der Waals surface area (Å²) in [6.07, 6.45) is 2.48. The number of ether oxygens (including phenoxy) is 1. The van der Waals surface area contributed by atoms with Gasteiger partial charge in [0.15, 0.2) is 0 Å². The maximum atomic E-state index is 12.1. The Labute approximate surface area is 107 Å². The van der Waals surface area contributed by atoms with Crippen LogP contribution in [0, 0.1) is 6.92 Å². The predicted octanol–water partition coefficient (Wildman–Crippen LogP) is 0.754. The number of hydrogen-bond donors (Lipinski definition) is 0. The number of hydrogen-bond acceptors (Lipinski definition) is 4. The van der Waals surface area contributed by atoms with E-state index in [0.717, 1.165) is 5.69 Å². The van der Waals surface area contributed by atoms with Gasteiger partial charge in [0.05, 0.1) is 18.9 Å². The van der Waals surface area contributed by atoms with Crippen molar-refractivity contribution >= 4 is 11.9 Å². The monoisotopic (exact) mass is 253 g/mol. The molecule has 0 radical (unpaired) electrons. The van der Waals surface area contributed by atoms with Crippen LogP contribution < -0.4 is 0 Å². The Balaban J connectivity index is 2.52. The predicted molar refractivity (Wildman–Crippen MR) is 66.2 cm³/mol. The number of rotatable bonds is 5. The number of carbonyl (C=O) groups is 2. The van der Waals surface area contributed by atoms with E-state index in [1.165, 1.54) is 7.11 Å². The Morgan fingerprint density at radius 2 is 2.17 bits per heavy atom. The lowest BCUT2D eigenvalue weighted by Gasteiger charge is -2.16. The zero-order valence-electron chi connectivity index (χ0n) is 11.3. The Morgan fingerprint density at radius 1 is 1.50 bits per heavy atom. The Bertz CT molecular complexity index is 440. The highest BCUT2D eigenvalue weighted by atomic mass is 16.5. The van der Waals surface area contributed by atoms with Crippen molar-refractivity contribution in [3.05, 3.63) is 17.5 Å². The summed E-state index contributed by atoms with van der Waals surface area (Å²) < 4.78 is 6.21. The molecule has 1 amide bonds. The van der Waals surface area contributed by atoms with Crippen molar-refractivity contribution in [1.29, 1.82) is 0 Å². The van der Waals surface area contributed by atoms with Gasteiger partial charge in [-0.3, -0.25) is 14.3 Å². The van der Waals surface area contributed by atoms with Crippen molar-refractivity contribution in [3.8, 4) is 0 Å². The second kappa shape index (κ2) is 6.18. The molecule has 0 aliphatic rings. The molecule has 1 aromatic rings. The molecule has 0 N–H and O–H groups in total. The zero-order chi connectivity index (χ0) is 13.7. The summed E-state index contributed by atoms with van der Waals surface area (Å²) in [6.45, 7) is 2.37. The van der Waals surface area contributed by atoms with E-state index in [2.05, 4.69) is 9.84 Å². The summed E-state index contributed by atoms with van der Waals surface area (Å²) in [5, 5.41) is 4.04. The van der Waals surface area contributed by atoms with Crippen LogP contribution >= 0.6 is 0 Å². The molecular weight excluding hydrogens is 234 g/mol. The second-order valence-electron chi connectivity index (χ2n) is 4.17. The molecule has 0 atom stereocenters. The van der Waals surface area contributed by atoms with E-state index in [9.17, 15) is 9.59 Å². The highest BCUT2D eigenvalue weighted by Crippen LogP contribution is 2.09. The number of methoxy groups -OCH3 is 1. The van der Waals surface area contributed by atoms with Crippen LogP contribution in [-0.2, 0) is 16.6 Å². The molecule has 0 aliphatic heterocycles. The first kappa shape index (κ1) is 14.2. The smallest absolute Gasteiger partial charge is 0.305 e. The van der Waals surface area contributed by atoms with Crippen LogP contribution in [-0.4, -0.2) is 47.3 Å². The molecule has 6 nitrogen and oxygen atoms in total. The largest absolute Gasteiger partial charge is 0.469 e. The van der Waals surface area contributed by atoms with Crippen LogP contribution in [0.3, 0.4) is 0 Å². The maximum Gasteiger partial charge on any atom is 0.305 e. The second-order valence-corrected chi connectivity index (χ2v) is 4.17. The number of aromatic nitrogens is 2. The van der Waals surface area contributed by atoms with Crippen LogP contribution in [0.5, 0.6) is 0 Å². The maximum absolute atomic E-state index is 12.1. The fourth-order valence-corrected chi connectivity index (χ4v) is 1.58. The molecule has 1 aromatic heterocycles. The highest BCUT2D eigenvalue weighted by Gasteiger charge is 2.16. The van der Waals surface area contributed by atoms with Crippen LogP contribution in [0.1, 0.15) is 28.9 Å². The van der Waals surface area contributed by atoms with E-state index in [1.807, 2.05) is 6.92 Å². The third kappa shape index (κ3) is 3.32. The van der Waals surface area contributed by atoms with Crippen molar-refractivity contribution in [2.24, 2.45) is 7.05 Å². The lowest BCUT2D eigenvalue weighted by molar-refractivity contribution is -0.140. The highest BCUT2D eigenvalue weighted by molar-refractivity contribution is 5.94. The van der Waals surface area contributed by atoms with Crippen molar-refractivity contribution in [1.82, 2.24) is 14.7 Å². The average Bonchev–Trinajstić information content (AvgIpc) is 2.68. The molecule has 0 saturated heterocycles. The van der Waals surface area contributed by atoms with E-state index in [1.54, 1.807) is 29.9 Å². The lowest BCUT2D eigenvalue weighted by Crippen LogP contribution is -2.28. The molecule has 6 heteroatoms. The molecule has 0 bridgehead atoms. The van der Waals surface area contributed by atoms with Crippen molar-refractivity contribution in [2.75, 3.05) is 20.7 Å². The third-order valence-electron chi connectivity index (χ3n) is 2.91. The molecule has 0 fully saturated rings. The van der Waals surface area contributed by atoms with E-state index in [-0.39, 0.29) is 11.9 Å². The van der Waals surface area contributed by atoms with Gasteiger partial charge in [-0.15, -0.1) is 0 Å². The molecule has 18 heavy (non-hydrogen) atoms. The number of carbonyl (C=O) groups excluding carboxylic acids is 2. The number of nitrogens with zero attached hydrogens (tertiary/aromatic N) is 3. The Kier molecular flexibility index (Phi) is 4.88. The molecule has 0 saturated carbocycles. The topological polar surface area (TPSA) is 64.4 Å². The molecular formula is C12H19N3O3. The first-order valence-electron chi connectivity index (χ1n) is 5.78. The fraction of sp³-hybridized carbons (Fsp3) is 0.583. The van der Waals surface area contributed by atoms with E-state index >= 15 is 0 Å². The zero-order valence-corrected chi connectivity index (χ0v) is 11.3. The number of amides is 1. The summed E-state index contributed by atoms with van der Waals surface area (Å²) >= 11 is 0. The number of aryl methyl sites for hydroxylation is 1. The van der Waals surface area contributed by atoms with Gasteiger partial charge in [-0.05, 0) is 13.3 Å². The van der Waals surface area contributed by atoms with Gasteiger partial charge in [-0.25, -0.2) is 0 Å². The molecule has 0 unspecified atom stereocenters. The van der Waals surface area contributed by atoms with Gasteiger partial charge >= 0.3 is 5.97 Å². The minimum absolute atomic E-state index is 0.0783. The van der Waals surface area contributed by atoms with Gasteiger partial charge in [-0.2, -0.15) is 5.10 Å². The van der Waals surface area contributed by atoms with Crippen LogP contribution in [0.25, 0.3) is 0 Å². The Morgan fingerprint density at radius 3 is 2.67 bits per heavy atom. The van der Waals surface area contributed by atoms with Gasteiger partial charge in [0.25, 0.3) is 5.91 Å². The minimum atomic E-state index is -0.256. The quantitative estimate of drug-likeness (QED) is 0.726. The molecule has 1 rings (SSSR count). The average molecular weight is 253 g/mol. The van der Waals surface area contributed by atoms with Gasteiger partial charge in [-0.1, -0.05) is 0 Å². The molecule has 0 aliphatic carbocycles. The SMILES string of the molecule is COC(=O)CCCN(C)C(=O)c1cnn(C)c1C. The van der Waals surface area contributed by atoms with E-state index in [4.69, 9.17) is 0 Å². The van der Waals surface area contributed by atoms with Gasteiger partial charge in [0.1, 0.15) is 0 Å². The molecule has 100 valence electrons. The molecule has 0 spiro atoms. The fourth-order valence-electron chi connectivity index (χ4n) is 1.58. The van der Waals surface area contributed by atoms with E-state index in [0.29, 0.717) is 24.9 Å². The third-order valence-corrected chi connectivity index (χ3v) is 2.91. The van der Waals surface area contributed by atoms with Crippen molar-refractivity contribution < 1.29 is 14.3 Å². The molecule has 1 heterocycles. The van der Waals surface area contributed by atoms with E-state index < -0.39 is 0 Å². The summed E-state index contributed by atoms with van der Waals surface area (Å²) in [7, 11) is 4.87. The van der Waals surface area contributed by atoms with Gasteiger partial charge in [0, 0.05) is 32.8 Å².